The smallest absolute Gasteiger partial charge is 0.360 e. The fourth-order valence-corrected chi connectivity index (χ4v) is 3.25. The number of aryl methyl sites for hydroxylation is 2. The van der Waals surface area contributed by atoms with E-state index in [4.69, 9.17) is 20.8 Å². The molecule has 0 radical (unpaired) electrons. The van der Waals surface area contributed by atoms with Gasteiger partial charge in [-0.05, 0) is 67.4 Å². The van der Waals surface area contributed by atoms with Crippen LogP contribution in [0.3, 0.4) is 0 Å². The number of esters is 1. The summed E-state index contributed by atoms with van der Waals surface area (Å²) in [6.45, 7) is 3.96. The van der Waals surface area contributed by atoms with Crippen molar-refractivity contribution in [3.8, 4) is 0 Å². The van der Waals surface area contributed by atoms with Crippen molar-refractivity contribution in [3.05, 3.63) is 98.2 Å². The molecule has 164 valence electrons. The van der Waals surface area contributed by atoms with Crippen molar-refractivity contribution in [1.82, 2.24) is 0 Å². The third kappa shape index (κ3) is 5.65. The van der Waals surface area contributed by atoms with E-state index in [1.807, 2.05) is 32.0 Å². The second-order valence-electron chi connectivity index (χ2n) is 7.04. The average molecular weight is 453 g/mol. The first-order valence-electron chi connectivity index (χ1n) is 9.61. The Morgan fingerprint density at radius 1 is 1.06 bits per heavy atom. The summed E-state index contributed by atoms with van der Waals surface area (Å²) >= 11 is 5.90. The SMILES string of the molecule is COC(=O)c1cc(NC(=O)c2cccc(Cl)c2)c(=O)oc1/C=C/Nc1cc(C)cc(C)c1. The van der Waals surface area contributed by atoms with Gasteiger partial charge in [-0.1, -0.05) is 23.7 Å². The quantitative estimate of drug-likeness (QED) is 0.509. The lowest BCUT2D eigenvalue weighted by molar-refractivity contribution is 0.0597. The summed E-state index contributed by atoms with van der Waals surface area (Å²) < 4.78 is 10.1. The minimum absolute atomic E-state index is 0.0144. The summed E-state index contributed by atoms with van der Waals surface area (Å²) in [5.41, 5.74) is 2.22. The predicted octanol–water partition coefficient (Wildman–Crippen LogP) is 5.03. The van der Waals surface area contributed by atoms with Gasteiger partial charge in [-0.2, -0.15) is 0 Å². The minimum atomic E-state index is -0.820. The molecule has 0 fully saturated rings. The fraction of sp³-hybridized carbons (Fsp3) is 0.125. The molecule has 1 heterocycles. The van der Waals surface area contributed by atoms with Crippen molar-refractivity contribution >= 4 is 40.9 Å². The van der Waals surface area contributed by atoms with E-state index in [-0.39, 0.29) is 22.6 Å². The van der Waals surface area contributed by atoms with Crippen molar-refractivity contribution in [2.24, 2.45) is 0 Å². The summed E-state index contributed by atoms with van der Waals surface area (Å²) in [7, 11) is 1.21. The third-order valence-electron chi connectivity index (χ3n) is 4.42. The lowest BCUT2D eigenvalue weighted by Gasteiger charge is -2.08. The van der Waals surface area contributed by atoms with Gasteiger partial charge >= 0.3 is 11.6 Å². The fourth-order valence-electron chi connectivity index (χ4n) is 3.06. The molecule has 0 saturated carbocycles. The number of hydrogen-bond acceptors (Lipinski definition) is 6. The maximum absolute atomic E-state index is 12.4. The highest BCUT2D eigenvalue weighted by atomic mass is 35.5. The van der Waals surface area contributed by atoms with Crippen molar-refractivity contribution in [1.29, 1.82) is 0 Å². The average Bonchev–Trinajstić information content (AvgIpc) is 2.74. The Kier molecular flexibility index (Phi) is 7.12. The van der Waals surface area contributed by atoms with Crippen LogP contribution in [0.25, 0.3) is 6.08 Å². The van der Waals surface area contributed by atoms with Gasteiger partial charge < -0.3 is 19.8 Å². The standard InChI is InChI=1S/C24H21ClN2O5/c1-14-9-15(2)11-18(10-14)26-8-7-21-19(23(29)31-3)13-20(24(30)32-21)27-22(28)16-5-4-6-17(25)12-16/h4-13,26H,1-3H3,(H,27,28)/b8-7+. The molecule has 0 bridgehead atoms. The molecular formula is C24H21ClN2O5. The Balaban J connectivity index is 1.88. The van der Waals surface area contributed by atoms with Gasteiger partial charge in [0.1, 0.15) is 17.0 Å². The highest BCUT2D eigenvalue weighted by Crippen LogP contribution is 2.18. The summed E-state index contributed by atoms with van der Waals surface area (Å²) in [5.74, 6) is -1.31. The van der Waals surface area contributed by atoms with E-state index < -0.39 is 17.5 Å². The number of rotatable bonds is 6. The Hall–Kier alpha value is -3.84. The molecule has 0 saturated heterocycles. The topological polar surface area (TPSA) is 97.6 Å². The number of benzene rings is 2. The molecule has 2 aromatic carbocycles. The van der Waals surface area contributed by atoms with Crippen LogP contribution in [0.4, 0.5) is 11.4 Å². The van der Waals surface area contributed by atoms with E-state index in [0.717, 1.165) is 16.8 Å². The van der Waals surface area contributed by atoms with Crippen molar-refractivity contribution in [2.75, 3.05) is 17.7 Å². The van der Waals surface area contributed by atoms with Crippen LogP contribution in [0.15, 0.2) is 63.9 Å². The van der Waals surface area contributed by atoms with E-state index in [1.165, 1.54) is 25.3 Å². The maximum atomic E-state index is 12.4. The number of amides is 1. The van der Waals surface area contributed by atoms with Crippen LogP contribution in [0.1, 0.15) is 37.6 Å². The Labute approximate surface area is 189 Å². The first kappa shape index (κ1) is 22.8. The molecule has 0 atom stereocenters. The molecule has 7 nitrogen and oxygen atoms in total. The van der Waals surface area contributed by atoms with Crippen molar-refractivity contribution in [3.63, 3.8) is 0 Å². The van der Waals surface area contributed by atoms with Gasteiger partial charge in [-0.25, -0.2) is 9.59 Å². The number of halogens is 1. The van der Waals surface area contributed by atoms with E-state index >= 15 is 0 Å². The number of carbonyl (C=O) groups excluding carboxylic acids is 2. The summed E-state index contributed by atoms with van der Waals surface area (Å²) in [5, 5.41) is 5.89. The third-order valence-corrected chi connectivity index (χ3v) is 4.66. The summed E-state index contributed by atoms with van der Waals surface area (Å²) in [6, 6.07) is 13.4. The largest absolute Gasteiger partial charge is 0.465 e. The van der Waals surface area contributed by atoms with Gasteiger partial charge in [0.2, 0.25) is 0 Å². The highest BCUT2D eigenvalue weighted by Gasteiger charge is 2.18. The number of nitrogens with one attached hydrogen (secondary N) is 2. The van der Waals surface area contributed by atoms with Crippen LogP contribution < -0.4 is 16.3 Å². The normalized spacial score (nSPS) is 10.8. The van der Waals surface area contributed by atoms with Crippen molar-refractivity contribution in [2.45, 2.75) is 13.8 Å². The molecule has 0 aliphatic carbocycles. The molecule has 3 rings (SSSR count). The van der Waals surface area contributed by atoms with Gasteiger partial charge in [-0.3, -0.25) is 4.79 Å². The molecule has 1 aromatic heterocycles. The molecule has 32 heavy (non-hydrogen) atoms. The summed E-state index contributed by atoms with van der Waals surface area (Å²) in [4.78, 5) is 37.1. The lowest BCUT2D eigenvalue weighted by Crippen LogP contribution is -2.20. The van der Waals surface area contributed by atoms with Crippen LogP contribution in [0.2, 0.25) is 5.02 Å². The van der Waals surface area contributed by atoms with Gasteiger partial charge in [0.15, 0.2) is 0 Å². The molecule has 8 heteroatoms. The van der Waals surface area contributed by atoms with Gasteiger partial charge in [0, 0.05) is 22.5 Å². The second kappa shape index (κ2) is 9.98. The van der Waals surface area contributed by atoms with Crippen LogP contribution in [0.5, 0.6) is 0 Å². The van der Waals surface area contributed by atoms with Gasteiger partial charge in [0.05, 0.1) is 7.11 Å². The molecular weight excluding hydrogens is 432 g/mol. The number of ether oxygens (including phenoxy) is 1. The number of methoxy groups -OCH3 is 1. The maximum Gasteiger partial charge on any atom is 0.360 e. The Bertz CT molecular complexity index is 1240. The number of anilines is 2. The number of hydrogen-bond donors (Lipinski definition) is 2. The van der Waals surface area contributed by atoms with E-state index in [2.05, 4.69) is 10.6 Å². The van der Waals surface area contributed by atoms with Crippen LogP contribution in [0, 0.1) is 13.8 Å². The van der Waals surface area contributed by atoms with E-state index in [1.54, 1.807) is 24.4 Å². The highest BCUT2D eigenvalue weighted by molar-refractivity contribution is 6.31. The van der Waals surface area contributed by atoms with Crippen LogP contribution in [-0.2, 0) is 4.74 Å². The zero-order valence-corrected chi connectivity index (χ0v) is 18.4. The number of carbonyl (C=O) groups is 2. The molecule has 3 aromatic rings. The van der Waals surface area contributed by atoms with Crippen LogP contribution >= 0.6 is 11.6 Å². The first-order valence-corrected chi connectivity index (χ1v) is 9.99. The molecule has 1 amide bonds. The van der Waals surface area contributed by atoms with Gasteiger partial charge in [-0.15, -0.1) is 0 Å². The minimum Gasteiger partial charge on any atom is -0.465 e. The summed E-state index contributed by atoms with van der Waals surface area (Å²) in [6.07, 6.45) is 2.98. The predicted molar refractivity (Wildman–Crippen MR) is 124 cm³/mol. The second-order valence-corrected chi connectivity index (χ2v) is 7.47. The Morgan fingerprint density at radius 3 is 2.44 bits per heavy atom. The van der Waals surface area contributed by atoms with Crippen LogP contribution in [-0.4, -0.2) is 19.0 Å². The van der Waals surface area contributed by atoms with Gasteiger partial charge in [0.25, 0.3) is 5.91 Å². The monoisotopic (exact) mass is 452 g/mol. The zero-order valence-electron chi connectivity index (χ0n) is 17.7. The molecule has 0 unspecified atom stereocenters. The van der Waals surface area contributed by atoms with Crippen molar-refractivity contribution < 1.29 is 18.7 Å². The molecule has 2 N–H and O–H groups in total. The first-order chi connectivity index (χ1) is 15.3. The molecule has 0 spiro atoms. The molecule has 0 aliphatic heterocycles. The Morgan fingerprint density at radius 2 is 1.78 bits per heavy atom. The zero-order chi connectivity index (χ0) is 23.3. The van der Waals surface area contributed by atoms with E-state index in [0.29, 0.717) is 5.02 Å². The van der Waals surface area contributed by atoms with E-state index in [9.17, 15) is 14.4 Å². The lowest BCUT2D eigenvalue weighted by atomic mass is 10.1. The molecule has 0 aliphatic rings.